The van der Waals surface area contributed by atoms with Crippen LogP contribution >= 0.6 is 0 Å². The van der Waals surface area contributed by atoms with Crippen LogP contribution in [0.4, 0.5) is 0 Å². The third-order valence-corrected chi connectivity index (χ3v) is 2.68. The van der Waals surface area contributed by atoms with Crippen molar-refractivity contribution in [1.29, 1.82) is 0 Å². The van der Waals surface area contributed by atoms with Gasteiger partial charge in [-0.1, -0.05) is 12.1 Å². The van der Waals surface area contributed by atoms with E-state index in [1.807, 2.05) is 45.0 Å². The lowest BCUT2D eigenvalue weighted by atomic mass is 10.1. The second kappa shape index (κ2) is 7.90. The summed E-state index contributed by atoms with van der Waals surface area (Å²) in [4.78, 5) is 11.5. The summed E-state index contributed by atoms with van der Waals surface area (Å²) in [6.45, 7) is 7.12. The second-order valence-electron chi connectivity index (χ2n) is 5.68. The first-order valence-corrected chi connectivity index (χ1v) is 6.96. The Morgan fingerprint density at radius 3 is 2.35 bits per heavy atom. The quantitative estimate of drug-likeness (QED) is 0.615. The molecule has 0 aliphatic carbocycles. The Labute approximate surface area is 121 Å². The van der Waals surface area contributed by atoms with Gasteiger partial charge >= 0.3 is 5.97 Å². The van der Waals surface area contributed by atoms with Crippen LogP contribution in [0.1, 0.15) is 32.8 Å². The predicted octanol–water partition coefficient (Wildman–Crippen LogP) is 2.56. The molecule has 0 unspecified atom stereocenters. The third kappa shape index (κ3) is 7.14. The van der Waals surface area contributed by atoms with E-state index in [4.69, 9.17) is 9.47 Å². The van der Waals surface area contributed by atoms with Gasteiger partial charge in [-0.05, 0) is 51.4 Å². The van der Waals surface area contributed by atoms with Crippen LogP contribution in [0.25, 0.3) is 0 Å². The summed E-state index contributed by atoms with van der Waals surface area (Å²) in [5.41, 5.74) is 0.843. The lowest BCUT2D eigenvalue weighted by Crippen LogP contribution is -2.27. The maximum atomic E-state index is 11.5. The minimum absolute atomic E-state index is 0.158. The molecule has 1 rings (SSSR count). The smallest absolute Gasteiger partial charge is 0.307 e. The average molecular weight is 279 g/mol. The molecule has 0 aromatic heterocycles. The molecule has 0 aliphatic rings. The molecular formula is C16H25NO3. The molecule has 0 aliphatic heterocycles. The molecule has 4 nitrogen and oxygen atoms in total. The van der Waals surface area contributed by atoms with E-state index in [0.717, 1.165) is 18.7 Å². The normalized spacial score (nSPS) is 11.2. The maximum absolute atomic E-state index is 11.5. The van der Waals surface area contributed by atoms with Crippen LogP contribution in [0.3, 0.4) is 0 Å². The molecule has 0 bridgehead atoms. The van der Waals surface area contributed by atoms with Crippen molar-refractivity contribution in [2.24, 2.45) is 0 Å². The van der Waals surface area contributed by atoms with Crippen molar-refractivity contribution in [3.8, 4) is 5.75 Å². The summed E-state index contributed by atoms with van der Waals surface area (Å²) < 4.78 is 10.3. The molecule has 0 fully saturated rings. The highest BCUT2D eigenvalue weighted by atomic mass is 16.6. The van der Waals surface area contributed by atoms with Crippen LogP contribution < -0.4 is 10.1 Å². The molecule has 0 radical (unpaired) electrons. The van der Waals surface area contributed by atoms with Crippen molar-refractivity contribution >= 4 is 5.97 Å². The van der Waals surface area contributed by atoms with E-state index in [1.165, 1.54) is 5.56 Å². The van der Waals surface area contributed by atoms with Crippen LogP contribution in [-0.4, -0.2) is 31.8 Å². The summed E-state index contributed by atoms with van der Waals surface area (Å²) >= 11 is 0. The monoisotopic (exact) mass is 279 g/mol. The Bertz CT molecular complexity index is 407. The summed E-state index contributed by atoms with van der Waals surface area (Å²) in [5, 5.41) is 3.25. The number of rotatable bonds is 7. The van der Waals surface area contributed by atoms with E-state index in [9.17, 15) is 4.79 Å². The number of hydrogen-bond donors (Lipinski definition) is 1. The highest BCUT2D eigenvalue weighted by Gasteiger charge is 2.15. The molecule has 0 saturated carbocycles. The van der Waals surface area contributed by atoms with Gasteiger partial charge in [-0.2, -0.15) is 0 Å². The Balaban J connectivity index is 2.14. The van der Waals surface area contributed by atoms with Crippen molar-refractivity contribution in [2.75, 3.05) is 20.2 Å². The first kappa shape index (κ1) is 16.5. The predicted molar refractivity (Wildman–Crippen MR) is 80.0 cm³/mol. The van der Waals surface area contributed by atoms with Crippen molar-refractivity contribution in [3.63, 3.8) is 0 Å². The zero-order chi connectivity index (χ0) is 15.0. The molecule has 0 amide bonds. The zero-order valence-corrected chi connectivity index (χ0v) is 12.9. The Kier molecular flexibility index (Phi) is 6.52. The summed E-state index contributed by atoms with van der Waals surface area (Å²) in [6.07, 6.45) is 1.33. The van der Waals surface area contributed by atoms with Crippen LogP contribution in [0.15, 0.2) is 24.3 Å². The van der Waals surface area contributed by atoms with Gasteiger partial charge < -0.3 is 14.8 Å². The van der Waals surface area contributed by atoms with Crippen LogP contribution in [-0.2, 0) is 16.0 Å². The molecule has 112 valence electrons. The van der Waals surface area contributed by atoms with Crippen LogP contribution in [0, 0.1) is 0 Å². The molecule has 0 heterocycles. The molecule has 4 heteroatoms. The number of benzene rings is 1. The third-order valence-electron chi connectivity index (χ3n) is 2.68. The molecule has 0 atom stereocenters. The zero-order valence-electron chi connectivity index (χ0n) is 12.9. The SMILES string of the molecule is COc1ccc(CCNCCC(=O)OC(C)(C)C)cc1. The summed E-state index contributed by atoms with van der Waals surface area (Å²) in [7, 11) is 1.66. The number of carbonyl (C=O) groups is 1. The second-order valence-corrected chi connectivity index (χ2v) is 5.68. The van der Waals surface area contributed by atoms with Crippen molar-refractivity contribution < 1.29 is 14.3 Å². The fourth-order valence-electron chi connectivity index (χ4n) is 1.73. The van der Waals surface area contributed by atoms with Crippen molar-refractivity contribution in [1.82, 2.24) is 5.32 Å². The minimum atomic E-state index is -0.403. The number of esters is 1. The van der Waals surface area contributed by atoms with Gasteiger partial charge in [-0.25, -0.2) is 0 Å². The molecule has 0 saturated heterocycles. The van der Waals surface area contributed by atoms with Crippen LogP contribution in [0.5, 0.6) is 5.75 Å². The van der Waals surface area contributed by atoms with Gasteiger partial charge in [0.15, 0.2) is 0 Å². The lowest BCUT2D eigenvalue weighted by Gasteiger charge is -2.19. The van der Waals surface area contributed by atoms with Gasteiger partial charge in [0, 0.05) is 6.54 Å². The fourth-order valence-corrected chi connectivity index (χ4v) is 1.73. The van der Waals surface area contributed by atoms with E-state index in [0.29, 0.717) is 13.0 Å². The Morgan fingerprint density at radius 1 is 1.15 bits per heavy atom. The lowest BCUT2D eigenvalue weighted by molar-refractivity contribution is -0.154. The Morgan fingerprint density at radius 2 is 1.80 bits per heavy atom. The Hall–Kier alpha value is -1.55. The number of ether oxygens (including phenoxy) is 2. The van der Waals surface area contributed by atoms with Crippen LogP contribution in [0.2, 0.25) is 0 Å². The van der Waals surface area contributed by atoms with Crippen molar-refractivity contribution in [3.05, 3.63) is 29.8 Å². The first-order chi connectivity index (χ1) is 9.40. The van der Waals surface area contributed by atoms with Gasteiger partial charge in [-0.3, -0.25) is 4.79 Å². The van der Waals surface area contributed by atoms with Crippen molar-refractivity contribution in [2.45, 2.75) is 39.2 Å². The fraction of sp³-hybridized carbons (Fsp3) is 0.562. The largest absolute Gasteiger partial charge is 0.497 e. The van der Waals surface area contributed by atoms with Gasteiger partial charge in [0.05, 0.1) is 13.5 Å². The number of nitrogens with one attached hydrogen (secondary N) is 1. The standard InChI is InChI=1S/C16H25NO3/c1-16(2,3)20-15(18)10-12-17-11-9-13-5-7-14(19-4)8-6-13/h5-8,17H,9-12H2,1-4H3. The molecule has 1 aromatic rings. The van der Waals surface area contributed by atoms with Gasteiger partial charge in [0.2, 0.25) is 0 Å². The molecule has 20 heavy (non-hydrogen) atoms. The van der Waals surface area contributed by atoms with E-state index < -0.39 is 5.60 Å². The number of carbonyl (C=O) groups excluding carboxylic acids is 1. The molecule has 1 N–H and O–H groups in total. The first-order valence-electron chi connectivity index (χ1n) is 6.96. The van der Waals surface area contributed by atoms with Gasteiger partial charge in [0.1, 0.15) is 11.4 Å². The average Bonchev–Trinajstić information content (AvgIpc) is 2.37. The van der Waals surface area contributed by atoms with E-state index >= 15 is 0 Å². The summed E-state index contributed by atoms with van der Waals surface area (Å²) in [6, 6.07) is 8.01. The summed E-state index contributed by atoms with van der Waals surface area (Å²) in [5.74, 6) is 0.709. The van der Waals surface area contributed by atoms with Gasteiger partial charge in [0.25, 0.3) is 0 Å². The number of hydrogen-bond acceptors (Lipinski definition) is 4. The van der Waals surface area contributed by atoms with E-state index in [2.05, 4.69) is 5.32 Å². The number of methoxy groups -OCH3 is 1. The van der Waals surface area contributed by atoms with E-state index in [1.54, 1.807) is 7.11 Å². The molecule has 0 spiro atoms. The molecule has 1 aromatic carbocycles. The van der Waals surface area contributed by atoms with E-state index in [-0.39, 0.29) is 5.97 Å². The topological polar surface area (TPSA) is 47.6 Å². The highest BCUT2D eigenvalue weighted by molar-refractivity contribution is 5.70. The highest BCUT2D eigenvalue weighted by Crippen LogP contribution is 2.11. The molecular weight excluding hydrogens is 254 g/mol. The van der Waals surface area contributed by atoms with Gasteiger partial charge in [-0.15, -0.1) is 0 Å². The maximum Gasteiger partial charge on any atom is 0.307 e. The minimum Gasteiger partial charge on any atom is -0.497 e.